The number of benzene rings is 2. The summed E-state index contributed by atoms with van der Waals surface area (Å²) in [4.78, 5) is 2.40. The Labute approximate surface area is 134 Å². The van der Waals surface area contributed by atoms with E-state index in [-0.39, 0.29) is 4.90 Å². The minimum absolute atomic E-state index is 0.219. The van der Waals surface area contributed by atoms with Gasteiger partial charge in [0.15, 0.2) is 0 Å². The van der Waals surface area contributed by atoms with Crippen LogP contribution in [0.4, 0.5) is 17.3 Å². The number of aryl methyl sites for hydroxylation is 2. The van der Waals surface area contributed by atoms with Gasteiger partial charge in [0.1, 0.15) is 10.7 Å². The molecule has 2 aromatic carbocycles. The van der Waals surface area contributed by atoms with Crippen LogP contribution in [0.1, 0.15) is 11.3 Å². The molecule has 0 fully saturated rings. The molecular weight excluding hydrogens is 310 g/mol. The molecule has 0 radical (unpaired) electrons. The second-order valence-electron chi connectivity index (χ2n) is 5.62. The highest BCUT2D eigenvalue weighted by molar-refractivity contribution is 7.92. The van der Waals surface area contributed by atoms with E-state index < -0.39 is 9.84 Å². The van der Waals surface area contributed by atoms with Crippen molar-refractivity contribution >= 4 is 27.1 Å². The van der Waals surface area contributed by atoms with E-state index in [2.05, 4.69) is 0 Å². The number of anilines is 3. The van der Waals surface area contributed by atoms with Crippen LogP contribution in [0.15, 0.2) is 68.8 Å². The average molecular weight is 325 g/mol. The first kappa shape index (κ1) is 14.1. The Morgan fingerprint density at radius 2 is 1.52 bits per heavy atom. The normalized spacial score (nSPS) is 15.1. The van der Waals surface area contributed by atoms with Crippen LogP contribution >= 0.6 is 0 Å². The van der Waals surface area contributed by atoms with Gasteiger partial charge in [-0.3, -0.25) is 4.90 Å². The zero-order valence-electron chi connectivity index (χ0n) is 12.8. The van der Waals surface area contributed by atoms with Gasteiger partial charge in [-0.15, -0.1) is 0 Å². The standard InChI is InChI=1S/C18H15NO3S/c1-12-7-3-4-8-14(12)19-15-9-5-6-10-16(15)23(20,21)17-11-13(2)22-18(17)19/h3-11H,1-2H3. The van der Waals surface area contributed by atoms with Gasteiger partial charge in [0.05, 0.1) is 16.3 Å². The van der Waals surface area contributed by atoms with E-state index in [1.54, 1.807) is 31.2 Å². The Morgan fingerprint density at radius 1 is 0.870 bits per heavy atom. The molecule has 0 aliphatic carbocycles. The summed E-state index contributed by atoms with van der Waals surface area (Å²) in [6.07, 6.45) is 0. The van der Waals surface area contributed by atoms with Crippen LogP contribution in [-0.4, -0.2) is 8.42 Å². The van der Waals surface area contributed by atoms with Crippen LogP contribution < -0.4 is 4.90 Å². The van der Waals surface area contributed by atoms with E-state index in [1.165, 1.54) is 0 Å². The maximum absolute atomic E-state index is 12.9. The molecule has 116 valence electrons. The lowest BCUT2D eigenvalue weighted by Gasteiger charge is -2.30. The highest BCUT2D eigenvalue weighted by atomic mass is 32.2. The summed E-state index contributed by atoms with van der Waals surface area (Å²) in [6, 6.07) is 16.5. The van der Waals surface area contributed by atoms with Crippen molar-refractivity contribution in [1.82, 2.24) is 0 Å². The van der Waals surface area contributed by atoms with E-state index in [0.29, 0.717) is 22.2 Å². The molecule has 1 aliphatic heterocycles. The third-order valence-electron chi connectivity index (χ3n) is 4.05. The van der Waals surface area contributed by atoms with E-state index >= 15 is 0 Å². The molecule has 1 aliphatic rings. The lowest BCUT2D eigenvalue weighted by molar-refractivity contribution is 0.532. The van der Waals surface area contributed by atoms with Gasteiger partial charge in [-0.1, -0.05) is 30.3 Å². The fourth-order valence-corrected chi connectivity index (χ4v) is 4.59. The number of sulfone groups is 1. The number of fused-ring (bicyclic) bond motifs is 2. The molecule has 23 heavy (non-hydrogen) atoms. The number of para-hydroxylation sites is 2. The van der Waals surface area contributed by atoms with E-state index in [9.17, 15) is 8.42 Å². The van der Waals surface area contributed by atoms with Crippen molar-refractivity contribution in [3.05, 3.63) is 65.9 Å². The minimum Gasteiger partial charge on any atom is -0.444 e. The molecule has 3 aromatic rings. The summed E-state index contributed by atoms with van der Waals surface area (Å²) in [5.41, 5.74) is 2.57. The molecule has 1 aromatic heterocycles. The molecule has 0 saturated heterocycles. The van der Waals surface area contributed by atoms with E-state index in [4.69, 9.17) is 4.42 Å². The monoisotopic (exact) mass is 325 g/mol. The Balaban J connectivity index is 2.11. The topological polar surface area (TPSA) is 50.5 Å². The quantitative estimate of drug-likeness (QED) is 0.516. The number of furan rings is 1. The zero-order valence-corrected chi connectivity index (χ0v) is 13.6. The van der Waals surface area contributed by atoms with Crippen LogP contribution in [0.5, 0.6) is 0 Å². The fraction of sp³-hybridized carbons (Fsp3) is 0.111. The summed E-state index contributed by atoms with van der Waals surface area (Å²) < 4.78 is 31.5. The largest absolute Gasteiger partial charge is 0.444 e. The Hall–Kier alpha value is -2.53. The summed E-state index contributed by atoms with van der Waals surface area (Å²) in [5, 5.41) is 0. The fourth-order valence-electron chi connectivity index (χ4n) is 2.98. The number of hydrogen-bond donors (Lipinski definition) is 0. The molecule has 0 unspecified atom stereocenters. The molecule has 0 N–H and O–H groups in total. The SMILES string of the molecule is Cc1cc2c(o1)N(c1ccccc1C)c1ccccc1S2(=O)=O. The summed E-state index contributed by atoms with van der Waals surface area (Å²) in [7, 11) is -3.57. The first-order valence-corrected chi connectivity index (χ1v) is 8.79. The zero-order chi connectivity index (χ0) is 16.2. The Kier molecular flexibility index (Phi) is 2.90. The van der Waals surface area contributed by atoms with Crippen molar-refractivity contribution in [1.29, 1.82) is 0 Å². The number of rotatable bonds is 1. The van der Waals surface area contributed by atoms with E-state index in [1.807, 2.05) is 42.2 Å². The summed E-state index contributed by atoms with van der Waals surface area (Å²) in [6.45, 7) is 3.76. The lowest BCUT2D eigenvalue weighted by Crippen LogP contribution is -2.21. The molecule has 4 rings (SSSR count). The van der Waals surface area contributed by atoms with Crippen LogP contribution in [-0.2, 0) is 9.84 Å². The highest BCUT2D eigenvalue weighted by Crippen LogP contribution is 2.49. The number of hydrogen-bond acceptors (Lipinski definition) is 4. The van der Waals surface area contributed by atoms with Crippen LogP contribution in [0.3, 0.4) is 0 Å². The average Bonchev–Trinajstić information content (AvgIpc) is 2.92. The Morgan fingerprint density at radius 3 is 2.26 bits per heavy atom. The maximum atomic E-state index is 12.9. The van der Waals surface area contributed by atoms with E-state index in [0.717, 1.165) is 11.3 Å². The lowest BCUT2D eigenvalue weighted by atomic mass is 10.1. The summed E-state index contributed by atoms with van der Waals surface area (Å²) in [5.74, 6) is 0.931. The van der Waals surface area contributed by atoms with Crippen molar-refractivity contribution in [3.8, 4) is 0 Å². The van der Waals surface area contributed by atoms with Gasteiger partial charge in [-0.05, 0) is 37.6 Å². The van der Waals surface area contributed by atoms with Gasteiger partial charge in [0, 0.05) is 6.07 Å². The van der Waals surface area contributed by atoms with Crippen molar-refractivity contribution < 1.29 is 12.8 Å². The molecular formula is C18H15NO3S. The van der Waals surface area contributed by atoms with Crippen molar-refractivity contribution in [2.24, 2.45) is 0 Å². The maximum Gasteiger partial charge on any atom is 0.223 e. The predicted octanol–water partition coefficient (Wildman–Crippen LogP) is 4.51. The van der Waals surface area contributed by atoms with Crippen LogP contribution in [0.25, 0.3) is 0 Å². The van der Waals surface area contributed by atoms with Crippen molar-refractivity contribution in [2.75, 3.05) is 4.90 Å². The van der Waals surface area contributed by atoms with Gasteiger partial charge < -0.3 is 4.42 Å². The van der Waals surface area contributed by atoms with Gasteiger partial charge in [-0.25, -0.2) is 8.42 Å². The second-order valence-corrected chi connectivity index (χ2v) is 7.51. The van der Waals surface area contributed by atoms with Crippen LogP contribution in [0, 0.1) is 13.8 Å². The highest BCUT2D eigenvalue weighted by Gasteiger charge is 2.38. The smallest absolute Gasteiger partial charge is 0.223 e. The van der Waals surface area contributed by atoms with Gasteiger partial charge in [0.2, 0.25) is 15.7 Å². The third-order valence-corrected chi connectivity index (χ3v) is 5.84. The van der Waals surface area contributed by atoms with Gasteiger partial charge >= 0.3 is 0 Å². The Bertz CT molecular complexity index is 1020. The first-order chi connectivity index (χ1) is 11.0. The molecule has 0 bridgehead atoms. The summed E-state index contributed by atoms with van der Waals surface area (Å²) >= 11 is 0. The number of nitrogens with zero attached hydrogens (tertiary/aromatic N) is 1. The molecule has 2 heterocycles. The van der Waals surface area contributed by atoms with Crippen molar-refractivity contribution in [3.63, 3.8) is 0 Å². The molecule has 0 spiro atoms. The van der Waals surface area contributed by atoms with Crippen LogP contribution in [0.2, 0.25) is 0 Å². The first-order valence-electron chi connectivity index (χ1n) is 7.30. The van der Waals surface area contributed by atoms with Gasteiger partial charge in [-0.2, -0.15) is 0 Å². The third kappa shape index (κ3) is 1.93. The molecule has 0 atom stereocenters. The minimum atomic E-state index is -3.57. The molecule has 5 heteroatoms. The molecule has 0 amide bonds. The predicted molar refractivity (Wildman–Crippen MR) is 88.3 cm³/mol. The second kappa shape index (κ2) is 4.73. The molecule has 0 saturated carbocycles. The van der Waals surface area contributed by atoms with Gasteiger partial charge in [0.25, 0.3) is 0 Å². The molecule has 4 nitrogen and oxygen atoms in total. The van der Waals surface area contributed by atoms with Crippen molar-refractivity contribution in [2.45, 2.75) is 23.6 Å².